The van der Waals surface area contributed by atoms with Crippen LogP contribution in [0.15, 0.2) is 24.3 Å². The molecule has 110 valence electrons. The smallest absolute Gasteiger partial charge is 0.251 e. The van der Waals surface area contributed by atoms with E-state index in [0.29, 0.717) is 18.0 Å². The highest BCUT2D eigenvalue weighted by Crippen LogP contribution is 2.26. The van der Waals surface area contributed by atoms with Crippen LogP contribution in [-0.4, -0.2) is 34.7 Å². The van der Waals surface area contributed by atoms with Crippen molar-refractivity contribution >= 4 is 17.7 Å². The molecule has 1 aliphatic rings. The first-order chi connectivity index (χ1) is 9.50. The molecule has 1 aromatic rings. The van der Waals surface area contributed by atoms with Crippen LogP contribution in [0.5, 0.6) is 0 Å². The fourth-order valence-corrected chi connectivity index (χ4v) is 3.55. The second-order valence-corrected chi connectivity index (χ2v) is 7.02. The molecule has 0 aromatic heterocycles. The van der Waals surface area contributed by atoms with E-state index >= 15 is 0 Å². The second kappa shape index (κ2) is 6.64. The number of hydrogen-bond donors (Lipinski definition) is 2. The van der Waals surface area contributed by atoms with Crippen LogP contribution >= 0.6 is 11.8 Å². The molecule has 1 heterocycles. The Morgan fingerprint density at radius 2 is 1.90 bits per heavy atom. The summed E-state index contributed by atoms with van der Waals surface area (Å²) in [7, 11) is 0. The van der Waals surface area contributed by atoms with Crippen molar-refractivity contribution in [2.75, 3.05) is 18.1 Å². The number of aliphatic hydroxyl groups is 1. The van der Waals surface area contributed by atoms with Gasteiger partial charge in [0.25, 0.3) is 5.91 Å². The highest BCUT2D eigenvalue weighted by atomic mass is 32.2. The van der Waals surface area contributed by atoms with E-state index < -0.39 is 5.60 Å². The van der Waals surface area contributed by atoms with Gasteiger partial charge in [-0.25, -0.2) is 0 Å². The minimum atomic E-state index is -0.723. The van der Waals surface area contributed by atoms with Crippen LogP contribution in [0.1, 0.15) is 48.5 Å². The lowest BCUT2D eigenvalue weighted by atomic mass is 9.96. The first-order valence-electron chi connectivity index (χ1n) is 7.18. The van der Waals surface area contributed by atoms with Gasteiger partial charge in [0.15, 0.2) is 0 Å². The van der Waals surface area contributed by atoms with Gasteiger partial charge in [-0.1, -0.05) is 26.0 Å². The van der Waals surface area contributed by atoms with E-state index in [4.69, 9.17) is 0 Å². The van der Waals surface area contributed by atoms with E-state index in [0.717, 1.165) is 24.3 Å². The molecule has 3 nitrogen and oxygen atoms in total. The third-order valence-electron chi connectivity index (χ3n) is 3.84. The van der Waals surface area contributed by atoms with Crippen LogP contribution < -0.4 is 5.32 Å². The number of carbonyl (C=O) groups excluding carboxylic acids is 1. The molecule has 1 aliphatic heterocycles. The summed E-state index contributed by atoms with van der Waals surface area (Å²) in [4.78, 5) is 12.1. The van der Waals surface area contributed by atoms with Gasteiger partial charge in [-0.2, -0.15) is 11.8 Å². The fourth-order valence-electron chi connectivity index (χ4n) is 2.29. The molecule has 1 amide bonds. The summed E-state index contributed by atoms with van der Waals surface area (Å²) in [5.74, 6) is 2.30. The molecule has 0 unspecified atom stereocenters. The maximum absolute atomic E-state index is 12.1. The average Bonchev–Trinajstić information content (AvgIpc) is 2.46. The predicted octanol–water partition coefficient (Wildman–Crippen LogP) is 2.80. The molecule has 2 rings (SSSR count). The van der Waals surface area contributed by atoms with Crippen LogP contribution in [0, 0.1) is 0 Å². The highest BCUT2D eigenvalue weighted by molar-refractivity contribution is 7.99. The molecule has 0 atom stereocenters. The summed E-state index contributed by atoms with van der Waals surface area (Å²) < 4.78 is 0. The largest absolute Gasteiger partial charge is 0.388 e. The zero-order valence-electron chi connectivity index (χ0n) is 12.2. The van der Waals surface area contributed by atoms with E-state index in [-0.39, 0.29) is 5.91 Å². The third kappa shape index (κ3) is 4.00. The normalized spacial score (nSPS) is 18.0. The fraction of sp³-hybridized carbons (Fsp3) is 0.562. The minimum Gasteiger partial charge on any atom is -0.388 e. The summed E-state index contributed by atoms with van der Waals surface area (Å²) in [5.41, 5.74) is 1.16. The van der Waals surface area contributed by atoms with Gasteiger partial charge < -0.3 is 10.4 Å². The van der Waals surface area contributed by atoms with Gasteiger partial charge in [0.1, 0.15) is 0 Å². The Kier molecular flexibility index (Phi) is 5.11. The summed E-state index contributed by atoms with van der Waals surface area (Å²) in [6, 6.07) is 7.69. The Bertz CT molecular complexity index is 450. The number of hydrogen-bond acceptors (Lipinski definition) is 3. The lowest BCUT2D eigenvalue weighted by Gasteiger charge is -2.31. The molecule has 4 heteroatoms. The number of amides is 1. The summed E-state index contributed by atoms with van der Waals surface area (Å²) in [6.07, 6.45) is 1.51. The van der Waals surface area contributed by atoms with E-state index in [9.17, 15) is 9.90 Å². The van der Waals surface area contributed by atoms with Crippen molar-refractivity contribution in [3.8, 4) is 0 Å². The standard InChI is InChI=1S/C16H23NO2S/c1-12(2)13-3-5-14(6-4-13)15(18)17-11-16(19)7-9-20-10-8-16/h3-6,12,19H,7-11H2,1-2H3,(H,17,18). The molecular formula is C16H23NO2S. The van der Waals surface area contributed by atoms with Crippen LogP contribution in [0.4, 0.5) is 0 Å². The lowest BCUT2D eigenvalue weighted by Crippen LogP contribution is -2.45. The number of carbonyl (C=O) groups is 1. The van der Waals surface area contributed by atoms with E-state index in [1.54, 1.807) is 0 Å². The van der Waals surface area contributed by atoms with Crippen LogP contribution in [-0.2, 0) is 0 Å². The Hall–Kier alpha value is -1.00. The SMILES string of the molecule is CC(C)c1ccc(C(=O)NCC2(O)CCSCC2)cc1. The molecule has 0 radical (unpaired) electrons. The van der Waals surface area contributed by atoms with Crippen molar-refractivity contribution in [2.45, 2.75) is 38.2 Å². The van der Waals surface area contributed by atoms with Crippen LogP contribution in [0.2, 0.25) is 0 Å². The maximum atomic E-state index is 12.1. The predicted molar refractivity (Wildman–Crippen MR) is 84.4 cm³/mol. The monoisotopic (exact) mass is 293 g/mol. The van der Waals surface area contributed by atoms with Crippen molar-refractivity contribution in [3.05, 3.63) is 35.4 Å². The first kappa shape index (κ1) is 15.4. The van der Waals surface area contributed by atoms with Gasteiger partial charge in [-0.15, -0.1) is 0 Å². The Balaban J connectivity index is 1.91. The van der Waals surface area contributed by atoms with Crippen LogP contribution in [0.25, 0.3) is 0 Å². The Morgan fingerprint density at radius 3 is 2.45 bits per heavy atom. The van der Waals surface area contributed by atoms with E-state index in [1.165, 1.54) is 5.56 Å². The first-order valence-corrected chi connectivity index (χ1v) is 8.34. The number of thioether (sulfide) groups is 1. The van der Waals surface area contributed by atoms with Gasteiger partial charge in [0.05, 0.1) is 5.60 Å². The molecular weight excluding hydrogens is 270 g/mol. The van der Waals surface area contributed by atoms with E-state index in [1.807, 2.05) is 36.0 Å². The molecule has 20 heavy (non-hydrogen) atoms. The minimum absolute atomic E-state index is 0.105. The number of benzene rings is 1. The van der Waals surface area contributed by atoms with Gasteiger partial charge in [0.2, 0.25) is 0 Å². The molecule has 1 fully saturated rings. The zero-order valence-corrected chi connectivity index (χ0v) is 13.0. The topological polar surface area (TPSA) is 49.3 Å². The molecule has 0 saturated carbocycles. The highest BCUT2D eigenvalue weighted by Gasteiger charge is 2.29. The Morgan fingerprint density at radius 1 is 1.30 bits per heavy atom. The average molecular weight is 293 g/mol. The van der Waals surface area contributed by atoms with Crippen molar-refractivity contribution in [1.82, 2.24) is 5.32 Å². The maximum Gasteiger partial charge on any atom is 0.251 e. The zero-order chi connectivity index (χ0) is 14.6. The van der Waals surface area contributed by atoms with Crippen LogP contribution in [0.3, 0.4) is 0 Å². The van der Waals surface area contributed by atoms with Crippen molar-refractivity contribution in [2.24, 2.45) is 0 Å². The van der Waals surface area contributed by atoms with Crippen molar-refractivity contribution in [3.63, 3.8) is 0 Å². The molecule has 1 aromatic carbocycles. The quantitative estimate of drug-likeness (QED) is 0.897. The van der Waals surface area contributed by atoms with Crippen molar-refractivity contribution in [1.29, 1.82) is 0 Å². The summed E-state index contributed by atoms with van der Waals surface area (Å²) >= 11 is 1.86. The molecule has 2 N–H and O–H groups in total. The molecule has 0 aliphatic carbocycles. The molecule has 0 bridgehead atoms. The van der Waals surface area contributed by atoms with Crippen molar-refractivity contribution < 1.29 is 9.90 Å². The number of rotatable bonds is 4. The Labute approximate surface area is 125 Å². The molecule has 1 saturated heterocycles. The van der Waals surface area contributed by atoms with Gasteiger partial charge in [-0.3, -0.25) is 4.79 Å². The van der Waals surface area contributed by atoms with E-state index in [2.05, 4.69) is 19.2 Å². The van der Waals surface area contributed by atoms with Gasteiger partial charge in [-0.05, 0) is 48.0 Å². The lowest BCUT2D eigenvalue weighted by molar-refractivity contribution is 0.0311. The molecule has 0 spiro atoms. The summed E-state index contributed by atoms with van der Waals surface area (Å²) in [5, 5.41) is 13.2. The third-order valence-corrected chi connectivity index (χ3v) is 4.83. The van der Waals surface area contributed by atoms with Gasteiger partial charge >= 0.3 is 0 Å². The summed E-state index contributed by atoms with van der Waals surface area (Å²) in [6.45, 7) is 4.61. The second-order valence-electron chi connectivity index (χ2n) is 5.80. The number of nitrogens with one attached hydrogen (secondary N) is 1. The van der Waals surface area contributed by atoms with Gasteiger partial charge in [0, 0.05) is 12.1 Å².